The summed E-state index contributed by atoms with van der Waals surface area (Å²) in [6.45, 7) is 4.61. The average Bonchev–Trinajstić information content (AvgIpc) is 2.52. The lowest BCUT2D eigenvalue weighted by atomic mass is 10.0. The Hall–Kier alpha value is -2.40. The zero-order valence-electron chi connectivity index (χ0n) is 12.2. The maximum Gasteiger partial charge on any atom is 0.266 e. The van der Waals surface area contributed by atoms with Gasteiger partial charge in [-0.05, 0) is 29.7 Å². The van der Waals surface area contributed by atoms with Crippen LogP contribution in [0.3, 0.4) is 0 Å². The van der Waals surface area contributed by atoms with Gasteiger partial charge < -0.3 is 4.74 Å². The van der Waals surface area contributed by atoms with Crippen LogP contribution in [0.5, 0.6) is 5.75 Å². The topological polar surface area (TPSA) is 77.2 Å². The summed E-state index contributed by atoms with van der Waals surface area (Å²) in [7, 11) is 0. The van der Waals surface area contributed by atoms with E-state index < -0.39 is 0 Å². The third kappa shape index (κ3) is 3.79. The summed E-state index contributed by atoms with van der Waals surface area (Å²) >= 11 is 0. The van der Waals surface area contributed by atoms with Gasteiger partial charge in [-0.15, -0.1) is 0 Å². The van der Waals surface area contributed by atoms with Gasteiger partial charge in [-0.3, -0.25) is 15.2 Å². The van der Waals surface area contributed by atoms with Gasteiger partial charge in [0.25, 0.3) is 5.91 Å². The number of carbonyl (C=O) groups excluding carboxylic acids is 1. The van der Waals surface area contributed by atoms with Gasteiger partial charge in [-0.2, -0.15) is 0 Å². The van der Waals surface area contributed by atoms with Crippen LogP contribution < -0.4 is 16.0 Å². The van der Waals surface area contributed by atoms with Crippen LogP contribution in [-0.4, -0.2) is 10.9 Å². The monoisotopic (exact) mass is 285 g/mol. The van der Waals surface area contributed by atoms with E-state index in [9.17, 15) is 4.79 Å². The van der Waals surface area contributed by atoms with E-state index in [1.807, 2.05) is 18.2 Å². The number of nitrogens with zero attached hydrogens (tertiary/aromatic N) is 1. The second kappa shape index (κ2) is 6.85. The Bertz CT molecular complexity index is 609. The fraction of sp³-hybridized carbons (Fsp3) is 0.250. The molecule has 5 nitrogen and oxygen atoms in total. The average molecular weight is 285 g/mol. The number of hydrogen-bond donors (Lipinski definition) is 2. The molecule has 0 fully saturated rings. The molecule has 0 saturated carbocycles. The van der Waals surface area contributed by atoms with Crippen molar-refractivity contribution in [3.05, 3.63) is 59.4 Å². The molecule has 0 aliphatic heterocycles. The van der Waals surface area contributed by atoms with Crippen LogP contribution in [-0.2, 0) is 6.61 Å². The molecular weight excluding hydrogens is 266 g/mol. The van der Waals surface area contributed by atoms with Crippen molar-refractivity contribution < 1.29 is 9.53 Å². The normalized spacial score (nSPS) is 10.5. The number of para-hydroxylation sites is 1. The van der Waals surface area contributed by atoms with Crippen LogP contribution in [0.15, 0.2) is 42.6 Å². The fourth-order valence-corrected chi connectivity index (χ4v) is 1.97. The molecule has 0 aliphatic carbocycles. The van der Waals surface area contributed by atoms with E-state index in [1.54, 1.807) is 12.1 Å². The molecule has 21 heavy (non-hydrogen) atoms. The van der Waals surface area contributed by atoms with Gasteiger partial charge in [0.05, 0.1) is 11.3 Å². The van der Waals surface area contributed by atoms with Gasteiger partial charge in [-0.1, -0.05) is 32.0 Å². The summed E-state index contributed by atoms with van der Waals surface area (Å²) in [6.07, 6.45) is 1.48. The zero-order chi connectivity index (χ0) is 15.2. The minimum atomic E-state index is -0.361. The van der Waals surface area contributed by atoms with E-state index in [0.717, 1.165) is 17.0 Å². The molecule has 2 aromatic rings. The molecule has 0 aliphatic rings. The van der Waals surface area contributed by atoms with Crippen LogP contribution in [0, 0.1) is 0 Å². The lowest BCUT2D eigenvalue weighted by molar-refractivity contribution is 0.0953. The molecule has 0 unspecified atom stereocenters. The molecule has 0 radical (unpaired) electrons. The molecule has 0 saturated heterocycles. The molecule has 1 aromatic heterocycles. The molecule has 0 atom stereocenters. The van der Waals surface area contributed by atoms with Crippen molar-refractivity contribution in [2.75, 3.05) is 0 Å². The highest BCUT2D eigenvalue weighted by Gasteiger charge is 2.08. The van der Waals surface area contributed by atoms with E-state index in [1.165, 1.54) is 6.20 Å². The Morgan fingerprint density at radius 1 is 1.29 bits per heavy atom. The first-order chi connectivity index (χ1) is 10.1. The zero-order valence-corrected chi connectivity index (χ0v) is 12.2. The van der Waals surface area contributed by atoms with Crippen LogP contribution >= 0.6 is 0 Å². The van der Waals surface area contributed by atoms with E-state index >= 15 is 0 Å². The number of hydrogen-bond acceptors (Lipinski definition) is 4. The second-order valence-corrected chi connectivity index (χ2v) is 4.99. The minimum Gasteiger partial charge on any atom is -0.487 e. The molecule has 1 amide bonds. The van der Waals surface area contributed by atoms with E-state index in [4.69, 9.17) is 10.6 Å². The quantitative estimate of drug-likeness (QED) is 0.502. The SMILES string of the molecule is CC(C)c1ccccc1OCc1ccc(C(=O)NN)cn1. The van der Waals surface area contributed by atoms with Crippen LogP contribution in [0.1, 0.15) is 41.4 Å². The van der Waals surface area contributed by atoms with Crippen molar-refractivity contribution in [2.45, 2.75) is 26.4 Å². The highest BCUT2D eigenvalue weighted by Crippen LogP contribution is 2.26. The summed E-state index contributed by atoms with van der Waals surface area (Å²) in [5, 5.41) is 0. The third-order valence-electron chi connectivity index (χ3n) is 3.13. The van der Waals surface area contributed by atoms with Gasteiger partial charge in [0, 0.05) is 6.20 Å². The van der Waals surface area contributed by atoms with Gasteiger partial charge >= 0.3 is 0 Å². The number of pyridine rings is 1. The summed E-state index contributed by atoms with van der Waals surface area (Å²) < 4.78 is 5.82. The molecule has 1 heterocycles. The standard InChI is InChI=1S/C16H19N3O2/c1-11(2)14-5-3-4-6-15(14)21-10-13-8-7-12(9-18-13)16(20)19-17/h3-9,11H,10,17H2,1-2H3,(H,19,20). The van der Waals surface area contributed by atoms with E-state index in [0.29, 0.717) is 18.1 Å². The highest BCUT2D eigenvalue weighted by molar-refractivity contribution is 5.93. The first-order valence-electron chi connectivity index (χ1n) is 6.79. The molecule has 110 valence electrons. The summed E-state index contributed by atoms with van der Waals surface area (Å²) in [5.41, 5.74) is 4.40. The number of hydrazine groups is 1. The Labute approximate surface area is 124 Å². The lowest BCUT2D eigenvalue weighted by Gasteiger charge is -2.13. The number of nitrogen functional groups attached to an aromatic ring is 1. The second-order valence-electron chi connectivity index (χ2n) is 4.99. The van der Waals surface area contributed by atoms with Gasteiger partial charge in [0.15, 0.2) is 0 Å². The number of amides is 1. The van der Waals surface area contributed by atoms with Gasteiger partial charge in [-0.25, -0.2) is 5.84 Å². The molecule has 1 aromatic carbocycles. The van der Waals surface area contributed by atoms with Crippen LogP contribution in [0.25, 0.3) is 0 Å². The van der Waals surface area contributed by atoms with Crippen LogP contribution in [0.4, 0.5) is 0 Å². The fourth-order valence-electron chi connectivity index (χ4n) is 1.97. The van der Waals surface area contributed by atoms with Gasteiger partial charge in [0.2, 0.25) is 0 Å². The number of rotatable bonds is 5. The molecule has 5 heteroatoms. The van der Waals surface area contributed by atoms with Crippen molar-refractivity contribution >= 4 is 5.91 Å². The maximum absolute atomic E-state index is 11.3. The number of benzene rings is 1. The lowest BCUT2D eigenvalue weighted by Crippen LogP contribution is -2.30. The highest BCUT2D eigenvalue weighted by atomic mass is 16.5. The Balaban J connectivity index is 2.05. The largest absolute Gasteiger partial charge is 0.487 e. The number of aromatic nitrogens is 1. The maximum atomic E-state index is 11.3. The predicted molar refractivity (Wildman–Crippen MR) is 80.8 cm³/mol. The van der Waals surface area contributed by atoms with E-state index in [2.05, 4.69) is 30.3 Å². The minimum absolute atomic E-state index is 0.355. The van der Waals surface area contributed by atoms with Crippen molar-refractivity contribution in [2.24, 2.45) is 5.84 Å². The predicted octanol–water partition coefficient (Wildman–Crippen LogP) is 2.39. The molecule has 0 bridgehead atoms. The van der Waals surface area contributed by atoms with Crippen molar-refractivity contribution in [1.82, 2.24) is 10.4 Å². The third-order valence-corrected chi connectivity index (χ3v) is 3.13. The number of nitrogens with two attached hydrogens (primary N) is 1. The summed E-state index contributed by atoms with van der Waals surface area (Å²) in [6, 6.07) is 11.4. The summed E-state index contributed by atoms with van der Waals surface area (Å²) in [5.74, 6) is 5.96. The number of carbonyl (C=O) groups is 1. The smallest absolute Gasteiger partial charge is 0.266 e. The first kappa shape index (κ1) is 15.0. The first-order valence-corrected chi connectivity index (χ1v) is 6.79. The van der Waals surface area contributed by atoms with Crippen molar-refractivity contribution in [3.63, 3.8) is 0 Å². The Kier molecular flexibility index (Phi) is 4.90. The number of nitrogens with one attached hydrogen (secondary N) is 1. The van der Waals surface area contributed by atoms with Gasteiger partial charge in [0.1, 0.15) is 12.4 Å². The number of ether oxygens (including phenoxy) is 1. The molecular formula is C16H19N3O2. The molecule has 3 N–H and O–H groups in total. The Morgan fingerprint density at radius 3 is 2.67 bits per heavy atom. The molecule has 2 rings (SSSR count). The van der Waals surface area contributed by atoms with E-state index in [-0.39, 0.29) is 5.91 Å². The Morgan fingerprint density at radius 2 is 2.05 bits per heavy atom. The van der Waals surface area contributed by atoms with Crippen molar-refractivity contribution in [3.8, 4) is 5.75 Å². The molecule has 0 spiro atoms. The summed E-state index contributed by atoms with van der Waals surface area (Å²) in [4.78, 5) is 15.5. The van der Waals surface area contributed by atoms with Crippen LogP contribution in [0.2, 0.25) is 0 Å². The van der Waals surface area contributed by atoms with Crippen molar-refractivity contribution in [1.29, 1.82) is 0 Å².